The number of nitrogens with zero attached hydrogens (tertiary/aromatic N) is 4. The van der Waals surface area contributed by atoms with E-state index in [1.54, 1.807) is 6.07 Å². The Morgan fingerprint density at radius 2 is 2.13 bits per heavy atom. The topological polar surface area (TPSA) is 85.4 Å². The highest BCUT2D eigenvalue weighted by Crippen LogP contribution is 2.37. The maximum atomic E-state index is 12.4. The van der Waals surface area contributed by atoms with Gasteiger partial charge in [-0.05, 0) is 32.0 Å². The van der Waals surface area contributed by atoms with E-state index in [1.165, 1.54) is 18.3 Å². The van der Waals surface area contributed by atoms with E-state index >= 15 is 0 Å². The number of hydrogen-bond acceptors (Lipinski definition) is 6. The molecule has 1 aromatic carbocycles. The van der Waals surface area contributed by atoms with Crippen LogP contribution in [0, 0.1) is 12.3 Å². The normalized spacial score (nSPS) is 14.4. The van der Waals surface area contributed by atoms with Gasteiger partial charge in [0, 0.05) is 48.4 Å². The van der Waals surface area contributed by atoms with E-state index in [9.17, 15) is 9.59 Å². The minimum absolute atomic E-state index is 0.00984. The van der Waals surface area contributed by atoms with Gasteiger partial charge in [-0.1, -0.05) is 0 Å². The fourth-order valence-electron chi connectivity index (χ4n) is 3.05. The van der Waals surface area contributed by atoms with Crippen LogP contribution in [0.25, 0.3) is 0 Å². The number of ketones is 1. The number of ether oxygens (including phenoxy) is 1. The van der Waals surface area contributed by atoms with Crippen molar-refractivity contribution in [3.05, 3.63) is 45.7 Å². The third-order valence-corrected chi connectivity index (χ3v) is 5.57. The number of hydrogen-bond donors (Lipinski definition) is 0. The van der Waals surface area contributed by atoms with Crippen LogP contribution in [0.3, 0.4) is 0 Å². The Bertz CT molecular complexity index is 1070. The second kappa shape index (κ2) is 9.63. The minimum atomic E-state index is -0.484. The number of carbonyl (C=O) groups excluding carboxylic acids is 2. The van der Waals surface area contributed by atoms with Gasteiger partial charge < -0.3 is 9.30 Å². The van der Waals surface area contributed by atoms with Crippen molar-refractivity contribution in [1.29, 1.82) is 0 Å². The predicted molar refractivity (Wildman–Crippen MR) is 114 cm³/mol. The van der Waals surface area contributed by atoms with Gasteiger partial charge in [0.1, 0.15) is 5.75 Å². The summed E-state index contributed by atoms with van der Waals surface area (Å²) in [5.41, 5.74) is 0.997. The molecule has 0 unspecified atom stereocenters. The summed E-state index contributed by atoms with van der Waals surface area (Å²) in [5, 5.41) is 9.99. The molecule has 7 nitrogen and oxygen atoms in total. The van der Waals surface area contributed by atoms with E-state index in [1.807, 2.05) is 35.2 Å². The van der Waals surface area contributed by atoms with E-state index in [0.717, 1.165) is 5.56 Å². The van der Waals surface area contributed by atoms with E-state index in [0.29, 0.717) is 48.5 Å². The van der Waals surface area contributed by atoms with Gasteiger partial charge in [-0.15, -0.1) is 23.7 Å². The summed E-state index contributed by atoms with van der Waals surface area (Å²) in [6.07, 6.45) is 9.21. The lowest BCUT2D eigenvalue weighted by Crippen LogP contribution is -2.19. The number of carbonyl (C=O) groups is 2. The molecule has 0 N–H and O–H groups in total. The van der Waals surface area contributed by atoms with Crippen molar-refractivity contribution in [1.82, 2.24) is 4.57 Å². The molecule has 1 aromatic heterocycles. The predicted octanol–water partition coefficient (Wildman–Crippen LogP) is 3.98. The summed E-state index contributed by atoms with van der Waals surface area (Å²) >= 11 is 1.38. The second-order valence-electron chi connectivity index (χ2n) is 7.02. The summed E-state index contributed by atoms with van der Waals surface area (Å²) in [5.74, 6) is 3.07. The zero-order valence-corrected chi connectivity index (χ0v) is 17.9. The van der Waals surface area contributed by atoms with Crippen molar-refractivity contribution in [3.8, 4) is 18.1 Å². The van der Waals surface area contributed by atoms with Gasteiger partial charge in [-0.25, -0.2) is 0 Å². The van der Waals surface area contributed by atoms with Crippen LogP contribution in [-0.2, 0) is 11.3 Å². The Hall–Kier alpha value is -3.05. The SMILES string of the molecule is C#CCCC1(CCC(=O)N=c2sccn2Cc2cc(C(C)=O)ccc2OCC)N=N1. The minimum Gasteiger partial charge on any atom is -0.494 e. The Kier molecular flexibility index (Phi) is 6.95. The lowest BCUT2D eigenvalue weighted by molar-refractivity contribution is -0.118. The molecule has 0 radical (unpaired) electrons. The molecular weight excluding hydrogens is 400 g/mol. The van der Waals surface area contributed by atoms with E-state index in [-0.39, 0.29) is 18.1 Å². The average Bonchev–Trinajstić information content (AvgIpc) is 3.38. The molecule has 1 amide bonds. The summed E-state index contributed by atoms with van der Waals surface area (Å²) in [7, 11) is 0. The zero-order valence-electron chi connectivity index (χ0n) is 17.1. The third kappa shape index (κ3) is 5.51. The van der Waals surface area contributed by atoms with E-state index in [2.05, 4.69) is 21.1 Å². The van der Waals surface area contributed by atoms with Crippen LogP contribution in [0.4, 0.5) is 0 Å². The maximum Gasteiger partial charge on any atom is 0.248 e. The molecule has 2 heterocycles. The quantitative estimate of drug-likeness (QED) is 0.427. The maximum absolute atomic E-state index is 12.4. The van der Waals surface area contributed by atoms with Crippen LogP contribution in [0.15, 0.2) is 45.0 Å². The number of aromatic nitrogens is 1. The highest BCUT2D eigenvalue weighted by molar-refractivity contribution is 7.07. The van der Waals surface area contributed by atoms with Crippen LogP contribution >= 0.6 is 11.3 Å². The first-order valence-electron chi connectivity index (χ1n) is 9.82. The summed E-state index contributed by atoms with van der Waals surface area (Å²) in [4.78, 5) is 29.0. The Labute approximate surface area is 179 Å². The van der Waals surface area contributed by atoms with Crippen LogP contribution in [-0.4, -0.2) is 28.5 Å². The zero-order chi connectivity index (χ0) is 21.6. The first-order valence-corrected chi connectivity index (χ1v) is 10.7. The Morgan fingerprint density at radius 3 is 2.80 bits per heavy atom. The summed E-state index contributed by atoms with van der Waals surface area (Å²) < 4.78 is 7.58. The molecular formula is C22H24N4O3S. The number of Topliss-reactive ketones (excluding diaryl/α,β-unsaturated/α-hetero) is 1. The van der Waals surface area contributed by atoms with Crippen molar-refractivity contribution in [2.45, 2.75) is 51.7 Å². The molecule has 0 atom stereocenters. The third-order valence-electron chi connectivity index (χ3n) is 4.78. The van der Waals surface area contributed by atoms with Crippen LogP contribution in [0.1, 0.15) is 55.5 Å². The molecule has 30 heavy (non-hydrogen) atoms. The smallest absolute Gasteiger partial charge is 0.248 e. The fraction of sp³-hybridized carbons (Fsp3) is 0.409. The van der Waals surface area contributed by atoms with Gasteiger partial charge in [0.05, 0.1) is 13.2 Å². The summed E-state index contributed by atoms with van der Waals surface area (Å²) in [6, 6.07) is 5.39. The fourth-order valence-corrected chi connectivity index (χ4v) is 3.79. The van der Waals surface area contributed by atoms with Gasteiger partial charge in [0.2, 0.25) is 5.91 Å². The highest BCUT2D eigenvalue weighted by atomic mass is 32.1. The van der Waals surface area contributed by atoms with Crippen molar-refractivity contribution in [3.63, 3.8) is 0 Å². The molecule has 8 heteroatoms. The molecule has 0 spiro atoms. The molecule has 0 fully saturated rings. The van der Waals surface area contributed by atoms with Gasteiger partial charge in [0.25, 0.3) is 0 Å². The lowest BCUT2D eigenvalue weighted by Gasteiger charge is -2.12. The molecule has 3 rings (SSSR count). The molecule has 1 aliphatic heterocycles. The second-order valence-corrected chi connectivity index (χ2v) is 7.89. The molecule has 2 aromatic rings. The molecule has 0 aliphatic carbocycles. The average molecular weight is 425 g/mol. The first kappa shape index (κ1) is 21.7. The Morgan fingerprint density at radius 1 is 1.33 bits per heavy atom. The van der Waals surface area contributed by atoms with Gasteiger partial charge >= 0.3 is 0 Å². The van der Waals surface area contributed by atoms with Crippen molar-refractivity contribution in [2.75, 3.05) is 6.61 Å². The number of rotatable bonds is 10. The Balaban J connectivity index is 1.74. The van der Waals surface area contributed by atoms with Gasteiger partial charge in [-0.2, -0.15) is 15.2 Å². The number of benzene rings is 1. The standard InChI is InChI=1S/C22H24N4O3S/c1-4-6-10-22(24-25-22)11-9-20(28)23-21-26(12-13-30-21)15-18-14-17(16(3)27)7-8-19(18)29-5-2/h1,7-8,12-14H,5-6,9-11,15H2,2-3H3. The van der Waals surface area contributed by atoms with Gasteiger partial charge in [0.15, 0.2) is 16.2 Å². The van der Waals surface area contributed by atoms with Gasteiger partial charge in [-0.3, -0.25) is 9.59 Å². The largest absolute Gasteiger partial charge is 0.494 e. The van der Waals surface area contributed by atoms with Crippen molar-refractivity contribution in [2.24, 2.45) is 15.2 Å². The monoisotopic (exact) mass is 424 g/mol. The van der Waals surface area contributed by atoms with Crippen molar-refractivity contribution >= 4 is 23.0 Å². The number of terminal acetylenes is 1. The van der Waals surface area contributed by atoms with E-state index in [4.69, 9.17) is 11.2 Å². The molecule has 0 saturated heterocycles. The lowest BCUT2D eigenvalue weighted by atomic mass is 10.0. The summed E-state index contributed by atoms with van der Waals surface area (Å²) in [6.45, 7) is 4.41. The van der Waals surface area contributed by atoms with Crippen LogP contribution < -0.4 is 9.54 Å². The molecule has 0 bridgehead atoms. The molecule has 1 aliphatic rings. The van der Waals surface area contributed by atoms with Crippen molar-refractivity contribution < 1.29 is 14.3 Å². The van der Waals surface area contributed by atoms with Crippen LogP contribution in [0.5, 0.6) is 5.75 Å². The number of thiazole rings is 1. The first-order chi connectivity index (χ1) is 14.5. The van der Waals surface area contributed by atoms with E-state index < -0.39 is 5.66 Å². The number of amides is 1. The molecule has 0 saturated carbocycles. The molecule has 156 valence electrons. The highest BCUT2D eigenvalue weighted by Gasteiger charge is 2.39. The van der Waals surface area contributed by atoms with Crippen LogP contribution in [0.2, 0.25) is 0 Å².